The van der Waals surface area contributed by atoms with Gasteiger partial charge in [-0.25, -0.2) is 4.99 Å². The van der Waals surface area contributed by atoms with Gasteiger partial charge in [-0.1, -0.05) is 76.1 Å². The average Bonchev–Trinajstić information content (AvgIpc) is 2.72. The Balaban J connectivity index is 1.91. The number of halogens is 1. The molecule has 1 aliphatic rings. The highest BCUT2D eigenvalue weighted by molar-refractivity contribution is 9.10. The fourth-order valence-electron chi connectivity index (χ4n) is 3.72. The first-order chi connectivity index (χ1) is 13.7. The number of rotatable bonds is 5. The number of aliphatic hydroxyl groups is 1. The van der Waals surface area contributed by atoms with E-state index in [1.54, 1.807) is 0 Å². The number of hydrogen-bond acceptors (Lipinski definition) is 3. The standard InChI is InChI=1S/C24H23BrN2O/c1-17-8-10-19(11-9-17)24-26-22-13-12-20(25)16-21(22)23(27(24)14-5-15-28)18-6-3-2-4-7-18/h2-4,6-13,16,23,28H,5,14-15H2,1H3. The number of fused-ring (bicyclic) bond motifs is 1. The minimum atomic E-state index is 0.0500. The summed E-state index contributed by atoms with van der Waals surface area (Å²) in [4.78, 5) is 7.36. The Morgan fingerprint density at radius 3 is 2.46 bits per heavy atom. The molecule has 0 saturated heterocycles. The van der Waals surface area contributed by atoms with Crippen LogP contribution in [0.25, 0.3) is 0 Å². The van der Waals surface area contributed by atoms with Crippen molar-refractivity contribution in [1.29, 1.82) is 0 Å². The van der Waals surface area contributed by atoms with Crippen molar-refractivity contribution in [1.82, 2.24) is 4.90 Å². The molecule has 4 rings (SSSR count). The van der Waals surface area contributed by atoms with Gasteiger partial charge in [-0.3, -0.25) is 0 Å². The lowest BCUT2D eigenvalue weighted by atomic mass is 9.92. The van der Waals surface area contributed by atoms with Gasteiger partial charge in [0.2, 0.25) is 0 Å². The summed E-state index contributed by atoms with van der Waals surface area (Å²) in [7, 11) is 0. The summed E-state index contributed by atoms with van der Waals surface area (Å²) in [5.41, 5.74) is 5.71. The zero-order valence-electron chi connectivity index (χ0n) is 15.8. The van der Waals surface area contributed by atoms with Crippen molar-refractivity contribution in [2.45, 2.75) is 19.4 Å². The average molecular weight is 435 g/mol. The van der Waals surface area contributed by atoms with E-state index in [9.17, 15) is 5.11 Å². The number of aliphatic hydroxyl groups excluding tert-OH is 1. The maximum Gasteiger partial charge on any atom is 0.137 e. The zero-order valence-corrected chi connectivity index (χ0v) is 17.4. The molecule has 1 unspecified atom stereocenters. The van der Waals surface area contributed by atoms with Crippen molar-refractivity contribution in [2.24, 2.45) is 4.99 Å². The molecule has 0 aliphatic carbocycles. The van der Waals surface area contributed by atoms with Crippen molar-refractivity contribution in [2.75, 3.05) is 13.2 Å². The van der Waals surface area contributed by atoms with E-state index >= 15 is 0 Å². The lowest BCUT2D eigenvalue weighted by Gasteiger charge is -2.39. The first kappa shape index (κ1) is 18.9. The van der Waals surface area contributed by atoms with Gasteiger partial charge in [0.05, 0.1) is 11.7 Å². The van der Waals surface area contributed by atoms with Crippen LogP contribution < -0.4 is 0 Å². The van der Waals surface area contributed by atoms with E-state index < -0.39 is 0 Å². The second-order valence-electron chi connectivity index (χ2n) is 7.09. The number of benzene rings is 3. The molecule has 1 heterocycles. The smallest absolute Gasteiger partial charge is 0.137 e. The molecule has 3 aromatic carbocycles. The summed E-state index contributed by atoms with van der Waals surface area (Å²) < 4.78 is 1.04. The van der Waals surface area contributed by atoms with Gasteiger partial charge in [-0.05, 0) is 37.1 Å². The Morgan fingerprint density at radius 2 is 1.75 bits per heavy atom. The first-order valence-electron chi connectivity index (χ1n) is 9.55. The molecular weight excluding hydrogens is 412 g/mol. The first-order valence-corrected chi connectivity index (χ1v) is 10.3. The van der Waals surface area contributed by atoms with Crippen molar-refractivity contribution in [3.05, 3.63) is 99.5 Å². The number of aryl methyl sites for hydroxylation is 1. The zero-order chi connectivity index (χ0) is 19.5. The molecule has 1 aliphatic heterocycles. The van der Waals surface area contributed by atoms with E-state index in [0.717, 1.165) is 28.1 Å². The molecule has 1 N–H and O–H groups in total. The summed E-state index contributed by atoms with van der Waals surface area (Å²) >= 11 is 3.62. The molecule has 0 aromatic heterocycles. The fraction of sp³-hybridized carbons (Fsp3) is 0.208. The van der Waals surface area contributed by atoms with E-state index in [-0.39, 0.29) is 12.6 Å². The van der Waals surface area contributed by atoms with Gasteiger partial charge >= 0.3 is 0 Å². The van der Waals surface area contributed by atoms with Gasteiger partial charge in [0, 0.05) is 28.8 Å². The largest absolute Gasteiger partial charge is 0.396 e. The number of nitrogens with zero attached hydrogens (tertiary/aromatic N) is 2. The molecule has 142 valence electrons. The van der Waals surface area contributed by atoms with Crippen molar-refractivity contribution in [3.63, 3.8) is 0 Å². The normalized spacial score (nSPS) is 15.9. The van der Waals surface area contributed by atoms with Crippen LogP contribution in [0.4, 0.5) is 5.69 Å². The molecule has 0 spiro atoms. The SMILES string of the molecule is Cc1ccc(C2=Nc3ccc(Br)cc3C(c3ccccc3)N2CCCO)cc1. The Labute approximate surface area is 174 Å². The number of amidine groups is 1. The monoisotopic (exact) mass is 434 g/mol. The van der Waals surface area contributed by atoms with Crippen molar-refractivity contribution in [3.8, 4) is 0 Å². The molecule has 0 bridgehead atoms. The van der Waals surface area contributed by atoms with Crippen molar-refractivity contribution >= 4 is 27.5 Å². The van der Waals surface area contributed by atoms with Crippen LogP contribution >= 0.6 is 15.9 Å². The quantitative estimate of drug-likeness (QED) is 0.565. The highest BCUT2D eigenvalue weighted by Gasteiger charge is 2.31. The molecule has 1 atom stereocenters. The maximum atomic E-state index is 9.51. The van der Waals surface area contributed by atoms with E-state index in [2.05, 4.69) is 88.4 Å². The Hall–Kier alpha value is -2.43. The van der Waals surface area contributed by atoms with E-state index in [1.807, 2.05) is 12.1 Å². The Kier molecular flexibility index (Phi) is 5.60. The molecule has 0 fully saturated rings. The number of hydrogen-bond donors (Lipinski definition) is 1. The molecular formula is C24H23BrN2O. The molecule has 3 aromatic rings. The summed E-state index contributed by atoms with van der Waals surface area (Å²) in [5.74, 6) is 0.956. The topological polar surface area (TPSA) is 35.8 Å². The van der Waals surface area contributed by atoms with Crippen LogP contribution in [0.1, 0.15) is 34.7 Å². The minimum absolute atomic E-state index is 0.0500. The van der Waals surface area contributed by atoms with Crippen LogP contribution in [0, 0.1) is 6.92 Å². The summed E-state index contributed by atoms with van der Waals surface area (Å²) in [6.45, 7) is 2.98. The van der Waals surface area contributed by atoms with Crippen molar-refractivity contribution < 1.29 is 5.11 Å². The van der Waals surface area contributed by atoms with Crippen LogP contribution in [-0.4, -0.2) is 29.0 Å². The predicted octanol–water partition coefficient (Wildman–Crippen LogP) is 5.62. The van der Waals surface area contributed by atoms with Gasteiger partial charge in [-0.2, -0.15) is 0 Å². The Morgan fingerprint density at radius 1 is 1.00 bits per heavy atom. The molecule has 3 nitrogen and oxygen atoms in total. The molecule has 0 saturated carbocycles. The van der Waals surface area contributed by atoms with E-state index in [4.69, 9.17) is 4.99 Å². The van der Waals surface area contributed by atoms with Gasteiger partial charge in [0.1, 0.15) is 5.84 Å². The van der Waals surface area contributed by atoms with Gasteiger partial charge in [0.25, 0.3) is 0 Å². The highest BCUT2D eigenvalue weighted by Crippen LogP contribution is 2.41. The third kappa shape index (κ3) is 3.75. The molecule has 28 heavy (non-hydrogen) atoms. The molecule has 0 radical (unpaired) electrons. The summed E-state index contributed by atoms with van der Waals surface area (Å²) in [6.07, 6.45) is 0.692. The fourth-order valence-corrected chi connectivity index (χ4v) is 4.10. The number of aliphatic imine (C=N–C) groups is 1. The predicted molar refractivity (Wildman–Crippen MR) is 118 cm³/mol. The van der Waals surface area contributed by atoms with E-state index in [0.29, 0.717) is 6.42 Å². The maximum absolute atomic E-state index is 9.51. The second-order valence-corrected chi connectivity index (χ2v) is 8.00. The second kappa shape index (κ2) is 8.29. The van der Waals surface area contributed by atoms with Crippen LogP contribution in [0.5, 0.6) is 0 Å². The van der Waals surface area contributed by atoms with Gasteiger partial charge in [-0.15, -0.1) is 0 Å². The molecule has 4 heteroatoms. The van der Waals surface area contributed by atoms with E-state index in [1.165, 1.54) is 16.7 Å². The summed E-state index contributed by atoms with van der Waals surface area (Å²) in [6, 6.07) is 25.4. The van der Waals surface area contributed by atoms with Gasteiger partial charge < -0.3 is 10.0 Å². The molecule has 0 amide bonds. The lowest BCUT2D eigenvalue weighted by molar-refractivity contribution is 0.254. The Bertz CT molecular complexity index is 983. The third-order valence-corrected chi connectivity index (χ3v) is 5.57. The van der Waals surface area contributed by atoms with Crippen LogP contribution in [0.2, 0.25) is 0 Å². The lowest BCUT2D eigenvalue weighted by Crippen LogP contribution is -2.39. The summed E-state index contributed by atoms with van der Waals surface area (Å²) in [5, 5.41) is 9.51. The van der Waals surface area contributed by atoms with Gasteiger partial charge in [0.15, 0.2) is 0 Å². The third-order valence-electron chi connectivity index (χ3n) is 5.08. The minimum Gasteiger partial charge on any atom is -0.396 e. The van der Waals surface area contributed by atoms with Crippen LogP contribution in [0.3, 0.4) is 0 Å². The highest BCUT2D eigenvalue weighted by atomic mass is 79.9. The van der Waals surface area contributed by atoms with Crippen LogP contribution in [-0.2, 0) is 0 Å². The van der Waals surface area contributed by atoms with Crippen LogP contribution in [0.15, 0.2) is 82.3 Å².